The third-order valence-corrected chi connectivity index (χ3v) is 3.76. The molecule has 0 saturated carbocycles. The van der Waals surface area contributed by atoms with Gasteiger partial charge in [-0.3, -0.25) is 4.98 Å². The molecule has 0 spiro atoms. The summed E-state index contributed by atoms with van der Waals surface area (Å²) in [4.78, 5) is 8.94. The van der Waals surface area contributed by atoms with Gasteiger partial charge in [0.05, 0.1) is 23.6 Å². The van der Waals surface area contributed by atoms with Crippen molar-refractivity contribution in [3.05, 3.63) is 40.1 Å². The van der Waals surface area contributed by atoms with Crippen molar-refractivity contribution < 1.29 is 0 Å². The smallest absolute Gasteiger partial charge is 0.122 e. The summed E-state index contributed by atoms with van der Waals surface area (Å²) in [5.41, 5.74) is 8.10. The third kappa shape index (κ3) is 3.02. The Bertz CT molecular complexity index is 547. The van der Waals surface area contributed by atoms with Gasteiger partial charge in [-0.25, -0.2) is 4.98 Å². The molecule has 1 atom stereocenters. The van der Waals surface area contributed by atoms with Crippen LogP contribution in [0, 0.1) is 6.92 Å². The molecular formula is C12H14N4S2. The van der Waals surface area contributed by atoms with Crippen molar-refractivity contribution in [3.8, 4) is 0 Å². The molecule has 0 radical (unpaired) electrons. The highest BCUT2D eigenvalue weighted by Crippen LogP contribution is 2.21. The number of nitrogens with two attached hydrogens (primary N) is 1. The fraction of sp³-hybridized carbons (Fsp3) is 0.250. The number of anilines is 1. The van der Waals surface area contributed by atoms with Gasteiger partial charge in [0.1, 0.15) is 10.00 Å². The zero-order chi connectivity index (χ0) is 13.1. The SMILES string of the molecule is Cc1csc(C(C)Nc2ccc(C(N)=S)nc2)n1. The van der Waals surface area contributed by atoms with E-state index in [1.165, 1.54) is 0 Å². The number of nitrogens with one attached hydrogen (secondary N) is 1. The standard InChI is InChI=1S/C12H14N4S2/c1-7-6-18-12(15-7)8(2)16-9-3-4-10(11(13)17)14-5-9/h3-6,8,16H,1-2H3,(H2,13,17). The minimum Gasteiger partial charge on any atom is -0.388 e. The minimum absolute atomic E-state index is 0.154. The molecule has 0 saturated heterocycles. The van der Waals surface area contributed by atoms with Crippen LogP contribution in [-0.4, -0.2) is 15.0 Å². The average Bonchev–Trinajstić information content (AvgIpc) is 2.76. The number of pyridine rings is 1. The van der Waals surface area contributed by atoms with Crippen LogP contribution in [0.1, 0.15) is 29.4 Å². The molecule has 0 aliphatic carbocycles. The molecule has 1 unspecified atom stereocenters. The lowest BCUT2D eigenvalue weighted by Crippen LogP contribution is -2.12. The van der Waals surface area contributed by atoms with E-state index in [1.807, 2.05) is 24.4 Å². The van der Waals surface area contributed by atoms with E-state index in [2.05, 4.69) is 22.2 Å². The van der Waals surface area contributed by atoms with Gasteiger partial charge in [0.2, 0.25) is 0 Å². The molecular weight excluding hydrogens is 264 g/mol. The molecule has 0 aliphatic rings. The van der Waals surface area contributed by atoms with Crippen LogP contribution in [0.15, 0.2) is 23.7 Å². The predicted octanol–water partition coefficient (Wildman–Crippen LogP) is 2.65. The second kappa shape index (κ2) is 5.41. The molecule has 2 aromatic heterocycles. The lowest BCUT2D eigenvalue weighted by atomic mass is 10.3. The monoisotopic (exact) mass is 278 g/mol. The molecule has 18 heavy (non-hydrogen) atoms. The van der Waals surface area contributed by atoms with Crippen LogP contribution in [0.3, 0.4) is 0 Å². The lowest BCUT2D eigenvalue weighted by molar-refractivity contribution is 0.862. The van der Waals surface area contributed by atoms with Gasteiger partial charge in [0, 0.05) is 11.1 Å². The van der Waals surface area contributed by atoms with Gasteiger partial charge in [-0.05, 0) is 26.0 Å². The fourth-order valence-corrected chi connectivity index (χ4v) is 2.43. The van der Waals surface area contributed by atoms with Gasteiger partial charge in [-0.2, -0.15) is 0 Å². The van der Waals surface area contributed by atoms with Crippen molar-refractivity contribution >= 4 is 34.2 Å². The van der Waals surface area contributed by atoms with Crippen molar-refractivity contribution in [1.82, 2.24) is 9.97 Å². The van der Waals surface area contributed by atoms with Gasteiger partial charge < -0.3 is 11.1 Å². The summed E-state index contributed by atoms with van der Waals surface area (Å²) in [6.07, 6.45) is 1.73. The molecule has 2 aromatic rings. The summed E-state index contributed by atoms with van der Waals surface area (Å²) in [6.45, 7) is 4.06. The van der Waals surface area contributed by atoms with Crippen LogP contribution in [0.25, 0.3) is 0 Å². The van der Waals surface area contributed by atoms with Gasteiger partial charge in [-0.1, -0.05) is 12.2 Å². The molecule has 6 heteroatoms. The molecule has 2 heterocycles. The van der Waals surface area contributed by atoms with E-state index in [0.29, 0.717) is 10.7 Å². The van der Waals surface area contributed by atoms with Crippen molar-refractivity contribution in [2.75, 3.05) is 5.32 Å². The normalized spacial score (nSPS) is 12.1. The zero-order valence-corrected chi connectivity index (χ0v) is 11.8. The summed E-state index contributed by atoms with van der Waals surface area (Å²) in [5, 5.41) is 6.44. The Morgan fingerprint density at radius 3 is 2.78 bits per heavy atom. The first-order valence-electron chi connectivity index (χ1n) is 5.50. The van der Waals surface area contributed by atoms with Crippen LogP contribution >= 0.6 is 23.6 Å². The zero-order valence-electron chi connectivity index (χ0n) is 10.2. The second-order valence-corrected chi connectivity index (χ2v) is 5.32. The highest BCUT2D eigenvalue weighted by Gasteiger charge is 2.09. The number of thiocarbonyl (C=S) groups is 1. The summed E-state index contributed by atoms with van der Waals surface area (Å²) in [6, 6.07) is 3.88. The Balaban J connectivity index is 2.07. The first-order valence-corrected chi connectivity index (χ1v) is 6.79. The molecule has 0 bridgehead atoms. The predicted molar refractivity (Wildman–Crippen MR) is 79.0 cm³/mol. The number of thiazole rings is 1. The summed E-state index contributed by atoms with van der Waals surface area (Å²) in [5.74, 6) is 0. The highest BCUT2D eigenvalue weighted by atomic mass is 32.1. The van der Waals surface area contributed by atoms with Crippen LogP contribution in [0.2, 0.25) is 0 Å². The topological polar surface area (TPSA) is 63.8 Å². The molecule has 0 amide bonds. The Kier molecular flexibility index (Phi) is 3.88. The Morgan fingerprint density at radius 1 is 1.50 bits per heavy atom. The van der Waals surface area contributed by atoms with E-state index < -0.39 is 0 Å². The van der Waals surface area contributed by atoms with E-state index in [-0.39, 0.29) is 6.04 Å². The summed E-state index contributed by atoms with van der Waals surface area (Å²) >= 11 is 6.51. The number of aromatic nitrogens is 2. The van der Waals surface area contributed by atoms with Gasteiger partial charge >= 0.3 is 0 Å². The quantitative estimate of drug-likeness (QED) is 0.842. The maximum Gasteiger partial charge on any atom is 0.122 e. The largest absolute Gasteiger partial charge is 0.388 e. The lowest BCUT2D eigenvalue weighted by Gasteiger charge is -2.12. The Morgan fingerprint density at radius 2 is 2.28 bits per heavy atom. The van der Waals surface area contributed by atoms with Gasteiger partial charge in [-0.15, -0.1) is 11.3 Å². The highest BCUT2D eigenvalue weighted by molar-refractivity contribution is 7.80. The van der Waals surface area contributed by atoms with Crippen LogP contribution < -0.4 is 11.1 Å². The van der Waals surface area contributed by atoms with Gasteiger partial charge in [0.25, 0.3) is 0 Å². The maximum atomic E-state index is 5.50. The Hall–Kier alpha value is -1.53. The van der Waals surface area contributed by atoms with E-state index in [9.17, 15) is 0 Å². The van der Waals surface area contributed by atoms with E-state index >= 15 is 0 Å². The first-order chi connectivity index (χ1) is 8.56. The number of hydrogen-bond donors (Lipinski definition) is 2. The van der Waals surface area contributed by atoms with E-state index in [4.69, 9.17) is 18.0 Å². The number of nitrogens with zero attached hydrogens (tertiary/aromatic N) is 2. The van der Waals surface area contributed by atoms with Crippen LogP contribution in [0.4, 0.5) is 5.69 Å². The van der Waals surface area contributed by atoms with Crippen LogP contribution in [-0.2, 0) is 0 Å². The van der Waals surface area contributed by atoms with Crippen molar-refractivity contribution in [2.45, 2.75) is 19.9 Å². The molecule has 94 valence electrons. The van der Waals surface area contributed by atoms with Crippen LogP contribution in [0.5, 0.6) is 0 Å². The van der Waals surface area contributed by atoms with Crippen molar-refractivity contribution in [1.29, 1.82) is 0 Å². The summed E-state index contributed by atoms with van der Waals surface area (Å²) in [7, 11) is 0. The van der Waals surface area contributed by atoms with E-state index in [0.717, 1.165) is 16.4 Å². The number of rotatable bonds is 4. The number of hydrogen-bond acceptors (Lipinski definition) is 5. The molecule has 0 aliphatic heterocycles. The maximum absolute atomic E-state index is 5.50. The van der Waals surface area contributed by atoms with Gasteiger partial charge in [0.15, 0.2) is 0 Å². The molecule has 0 fully saturated rings. The molecule has 2 rings (SSSR count). The third-order valence-electron chi connectivity index (χ3n) is 2.41. The second-order valence-electron chi connectivity index (χ2n) is 3.99. The fourth-order valence-electron chi connectivity index (χ4n) is 1.51. The van der Waals surface area contributed by atoms with Crippen molar-refractivity contribution in [3.63, 3.8) is 0 Å². The Labute approximate surface area is 115 Å². The molecule has 0 aromatic carbocycles. The molecule has 4 nitrogen and oxygen atoms in total. The first kappa shape index (κ1) is 12.9. The van der Waals surface area contributed by atoms with Crippen molar-refractivity contribution in [2.24, 2.45) is 5.73 Å². The number of aryl methyl sites for hydroxylation is 1. The molecule has 3 N–H and O–H groups in total. The summed E-state index contributed by atoms with van der Waals surface area (Å²) < 4.78 is 0. The minimum atomic E-state index is 0.154. The average molecular weight is 278 g/mol. The van der Waals surface area contributed by atoms with E-state index in [1.54, 1.807) is 17.5 Å².